The second-order valence-corrected chi connectivity index (χ2v) is 6.94. The Bertz CT molecular complexity index is 417. The summed E-state index contributed by atoms with van der Waals surface area (Å²) in [6.45, 7) is 0.575. The summed E-state index contributed by atoms with van der Waals surface area (Å²) in [4.78, 5) is 0.324. The molecule has 90 valence electrons. The van der Waals surface area contributed by atoms with Gasteiger partial charge < -0.3 is 5.73 Å². The number of benzene rings is 1. The molecule has 0 atom stereocenters. The van der Waals surface area contributed by atoms with Gasteiger partial charge in [-0.3, -0.25) is 0 Å². The standard InChI is InChI=1S/C10H14ClNO2S2/c11-9-1-3-10(4-2-9)16(13,14)8-7-15-6-5-12/h1-4H,5-8,12H2. The number of rotatable bonds is 6. The number of thioether (sulfide) groups is 1. The van der Waals surface area contributed by atoms with Crippen LogP contribution in [0.3, 0.4) is 0 Å². The first-order valence-electron chi connectivity index (χ1n) is 4.82. The van der Waals surface area contributed by atoms with Crippen LogP contribution in [-0.4, -0.2) is 32.2 Å². The molecule has 0 aromatic heterocycles. The third-order valence-corrected chi connectivity index (χ3v) is 5.19. The molecule has 0 aliphatic rings. The highest BCUT2D eigenvalue weighted by Gasteiger charge is 2.13. The zero-order chi connectivity index (χ0) is 12.0. The van der Waals surface area contributed by atoms with Crippen molar-refractivity contribution in [1.29, 1.82) is 0 Å². The normalized spacial score (nSPS) is 11.6. The van der Waals surface area contributed by atoms with Gasteiger partial charge in [0, 0.05) is 23.1 Å². The van der Waals surface area contributed by atoms with Gasteiger partial charge in [0.05, 0.1) is 10.6 Å². The quantitative estimate of drug-likeness (QED) is 0.807. The van der Waals surface area contributed by atoms with E-state index in [1.54, 1.807) is 23.9 Å². The molecule has 0 radical (unpaired) electrons. The number of sulfone groups is 1. The van der Waals surface area contributed by atoms with Gasteiger partial charge in [0.2, 0.25) is 0 Å². The molecule has 0 fully saturated rings. The maximum atomic E-state index is 11.8. The van der Waals surface area contributed by atoms with Crippen molar-refractivity contribution in [3.63, 3.8) is 0 Å². The summed E-state index contributed by atoms with van der Waals surface area (Å²) in [7, 11) is -3.18. The average molecular weight is 280 g/mol. The van der Waals surface area contributed by atoms with E-state index in [2.05, 4.69) is 0 Å². The molecule has 0 saturated heterocycles. The van der Waals surface area contributed by atoms with Crippen molar-refractivity contribution < 1.29 is 8.42 Å². The SMILES string of the molecule is NCCSCCS(=O)(=O)c1ccc(Cl)cc1. The fourth-order valence-corrected chi connectivity index (χ4v) is 3.75. The van der Waals surface area contributed by atoms with Crippen LogP contribution < -0.4 is 5.73 Å². The molecule has 1 aromatic rings. The number of hydrogen-bond acceptors (Lipinski definition) is 4. The van der Waals surface area contributed by atoms with Crippen molar-refractivity contribution in [1.82, 2.24) is 0 Å². The van der Waals surface area contributed by atoms with Gasteiger partial charge in [-0.15, -0.1) is 0 Å². The van der Waals surface area contributed by atoms with Gasteiger partial charge in [0.1, 0.15) is 0 Å². The summed E-state index contributed by atoms with van der Waals surface area (Å²) in [6.07, 6.45) is 0. The van der Waals surface area contributed by atoms with Crippen molar-refractivity contribution in [3.05, 3.63) is 29.3 Å². The minimum Gasteiger partial charge on any atom is -0.330 e. The molecule has 1 aromatic carbocycles. The van der Waals surface area contributed by atoms with Crippen LogP contribution in [0.5, 0.6) is 0 Å². The molecule has 0 bridgehead atoms. The highest BCUT2D eigenvalue weighted by Crippen LogP contribution is 2.16. The average Bonchev–Trinajstić information content (AvgIpc) is 2.25. The second-order valence-electron chi connectivity index (χ2n) is 3.17. The van der Waals surface area contributed by atoms with Crippen LogP contribution >= 0.6 is 23.4 Å². The second kappa shape index (κ2) is 6.49. The number of nitrogens with two attached hydrogens (primary N) is 1. The van der Waals surface area contributed by atoms with Crippen molar-refractivity contribution in [2.45, 2.75) is 4.90 Å². The lowest BCUT2D eigenvalue weighted by Gasteiger charge is -2.04. The van der Waals surface area contributed by atoms with E-state index < -0.39 is 9.84 Å². The Morgan fingerprint density at radius 1 is 1.19 bits per heavy atom. The van der Waals surface area contributed by atoms with E-state index in [9.17, 15) is 8.42 Å². The molecule has 0 aliphatic carbocycles. The molecule has 0 unspecified atom stereocenters. The predicted octanol–water partition coefficient (Wildman–Crippen LogP) is 1.81. The van der Waals surface area contributed by atoms with Crippen LogP contribution in [0, 0.1) is 0 Å². The van der Waals surface area contributed by atoms with Crippen LogP contribution in [0.1, 0.15) is 0 Å². The molecule has 3 nitrogen and oxygen atoms in total. The zero-order valence-corrected chi connectivity index (χ0v) is 11.1. The van der Waals surface area contributed by atoms with Crippen LogP contribution in [0.25, 0.3) is 0 Å². The topological polar surface area (TPSA) is 60.2 Å². The van der Waals surface area contributed by atoms with Gasteiger partial charge in [-0.1, -0.05) is 11.6 Å². The van der Waals surface area contributed by atoms with Gasteiger partial charge in [-0.2, -0.15) is 11.8 Å². The molecule has 0 spiro atoms. The summed E-state index contributed by atoms with van der Waals surface area (Å²) in [5, 5.41) is 0.538. The Morgan fingerprint density at radius 2 is 1.81 bits per heavy atom. The van der Waals surface area contributed by atoms with E-state index in [0.717, 1.165) is 5.75 Å². The van der Waals surface area contributed by atoms with Crippen LogP contribution in [0.4, 0.5) is 0 Å². The van der Waals surface area contributed by atoms with Crippen LogP contribution in [0.2, 0.25) is 5.02 Å². The van der Waals surface area contributed by atoms with Crippen molar-refractivity contribution >= 4 is 33.2 Å². The monoisotopic (exact) mass is 279 g/mol. The number of hydrogen-bond donors (Lipinski definition) is 1. The van der Waals surface area contributed by atoms with E-state index in [0.29, 0.717) is 22.2 Å². The van der Waals surface area contributed by atoms with E-state index in [-0.39, 0.29) is 5.75 Å². The van der Waals surface area contributed by atoms with Gasteiger partial charge in [-0.25, -0.2) is 8.42 Å². The van der Waals surface area contributed by atoms with Gasteiger partial charge in [-0.05, 0) is 24.3 Å². The molecule has 0 aliphatic heterocycles. The Balaban J connectivity index is 2.60. The molecule has 1 rings (SSSR count). The van der Waals surface area contributed by atoms with Gasteiger partial charge in [0.25, 0.3) is 0 Å². The molecular weight excluding hydrogens is 266 g/mol. The lowest BCUT2D eigenvalue weighted by atomic mass is 10.4. The van der Waals surface area contributed by atoms with Gasteiger partial charge >= 0.3 is 0 Å². The zero-order valence-electron chi connectivity index (χ0n) is 8.73. The molecule has 2 N–H and O–H groups in total. The van der Waals surface area contributed by atoms with E-state index in [1.165, 1.54) is 12.1 Å². The summed E-state index contributed by atoms with van der Waals surface area (Å²) >= 11 is 7.24. The highest BCUT2D eigenvalue weighted by molar-refractivity contribution is 8.00. The first-order valence-corrected chi connectivity index (χ1v) is 8.01. The molecule has 16 heavy (non-hydrogen) atoms. The molecule has 0 heterocycles. The lowest BCUT2D eigenvalue weighted by Crippen LogP contribution is -2.10. The molecular formula is C10H14ClNO2S2. The highest BCUT2D eigenvalue weighted by atomic mass is 35.5. The number of halogens is 1. The van der Waals surface area contributed by atoms with E-state index in [1.807, 2.05) is 0 Å². The first-order chi connectivity index (χ1) is 7.56. The Kier molecular flexibility index (Phi) is 5.61. The lowest BCUT2D eigenvalue weighted by molar-refractivity contribution is 0.597. The third kappa shape index (κ3) is 4.33. The van der Waals surface area contributed by atoms with Gasteiger partial charge in [0.15, 0.2) is 9.84 Å². The fourth-order valence-electron chi connectivity index (χ4n) is 1.11. The molecule has 0 amide bonds. The Morgan fingerprint density at radius 3 is 2.38 bits per heavy atom. The maximum absolute atomic E-state index is 11.8. The molecule has 6 heteroatoms. The van der Waals surface area contributed by atoms with Crippen LogP contribution in [0.15, 0.2) is 29.2 Å². The fraction of sp³-hybridized carbons (Fsp3) is 0.400. The largest absolute Gasteiger partial charge is 0.330 e. The summed E-state index contributed by atoms with van der Waals surface area (Å²) < 4.78 is 23.6. The minimum absolute atomic E-state index is 0.138. The molecule has 0 saturated carbocycles. The van der Waals surface area contributed by atoms with Crippen LogP contribution in [-0.2, 0) is 9.84 Å². The summed E-state index contributed by atoms with van der Waals surface area (Å²) in [6, 6.07) is 6.24. The Labute approximate surface area is 105 Å². The smallest absolute Gasteiger partial charge is 0.179 e. The van der Waals surface area contributed by atoms with Crippen molar-refractivity contribution in [2.24, 2.45) is 5.73 Å². The predicted molar refractivity (Wildman–Crippen MR) is 69.9 cm³/mol. The van der Waals surface area contributed by atoms with E-state index in [4.69, 9.17) is 17.3 Å². The van der Waals surface area contributed by atoms with Crippen molar-refractivity contribution in [2.75, 3.05) is 23.8 Å². The summed E-state index contributed by atoms with van der Waals surface area (Å²) in [5.41, 5.74) is 5.32. The first kappa shape index (κ1) is 13.8. The summed E-state index contributed by atoms with van der Waals surface area (Å²) in [5.74, 6) is 1.50. The third-order valence-electron chi connectivity index (χ3n) is 1.93. The Hall–Kier alpha value is -0.230. The van der Waals surface area contributed by atoms with E-state index >= 15 is 0 Å². The minimum atomic E-state index is -3.18. The maximum Gasteiger partial charge on any atom is 0.179 e. The van der Waals surface area contributed by atoms with Crippen molar-refractivity contribution in [3.8, 4) is 0 Å².